The quantitative estimate of drug-likeness (QED) is 0.450. The number of hydrogen-bond acceptors (Lipinski definition) is 4. The highest BCUT2D eigenvalue weighted by molar-refractivity contribution is 7.91. The molecule has 146 valence electrons. The van der Waals surface area contributed by atoms with Crippen LogP contribution in [0.4, 0.5) is 14.5 Å². The van der Waals surface area contributed by atoms with Gasteiger partial charge in [0.25, 0.3) is 0 Å². The highest BCUT2D eigenvalue weighted by Gasteiger charge is 2.25. The van der Waals surface area contributed by atoms with Crippen molar-refractivity contribution in [3.05, 3.63) is 83.5 Å². The summed E-state index contributed by atoms with van der Waals surface area (Å²) in [6.07, 6.45) is 1.19. The lowest BCUT2D eigenvalue weighted by Crippen LogP contribution is -2.06. The Morgan fingerprint density at radius 3 is 2.31 bits per heavy atom. The van der Waals surface area contributed by atoms with E-state index in [0.29, 0.717) is 27.7 Å². The summed E-state index contributed by atoms with van der Waals surface area (Å²) in [5.74, 6) is -1.24. The average molecular weight is 431 g/mol. The first-order valence-corrected chi connectivity index (χ1v) is 10.3. The van der Waals surface area contributed by atoms with Crippen molar-refractivity contribution >= 4 is 38.0 Å². The number of rotatable bonds is 3. The lowest BCUT2D eigenvalue weighted by molar-refractivity contribution is 0.591. The van der Waals surface area contributed by atoms with Gasteiger partial charge in [-0.1, -0.05) is 29.8 Å². The van der Waals surface area contributed by atoms with E-state index in [1.54, 1.807) is 18.2 Å². The predicted octanol–water partition coefficient (Wildman–Crippen LogP) is 5.25. The van der Waals surface area contributed by atoms with Gasteiger partial charge in [0.2, 0.25) is 9.84 Å². The molecular weight excluding hydrogens is 418 g/mol. The van der Waals surface area contributed by atoms with E-state index in [1.165, 1.54) is 36.5 Å². The van der Waals surface area contributed by atoms with Crippen LogP contribution in [0.5, 0.6) is 0 Å². The number of nitrogen functional groups attached to an aromatic ring is 1. The first kappa shape index (κ1) is 19.3. The molecule has 4 rings (SSSR count). The fourth-order valence-corrected chi connectivity index (χ4v) is 4.90. The standard InChI is InChI=1S/C21H13ClF2N2O2S/c22-13-7-15(24)9-17(8-13)29(27,28)20-11-26-19-10-16(25)5-6-18(19)21(20)12-1-3-14(23)4-2-12/h1-11H,25H2. The van der Waals surface area contributed by atoms with Gasteiger partial charge in [-0.3, -0.25) is 4.98 Å². The summed E-state index contributed by atoms with van der Waals surface area (Å²) in [5.41, 5.74) is 7.53. The van der Waals surface area contributed by atoms with Crippen molar-refractivity contribution in [3.63, 3.8) is 0 Å². The Balaban J connectivity index is 2.07. The van der Waals surface area contributed by atoms with Crippen molar-refractivity contribution in [2.24, 2.45) is 0 Å². The van der Waals surface area contributed by atoms with Gasteiger partial charge in [0.05, 0.1) is 15.3 Å². The molecule has 0 amide bonds. The number of anilines is 1. The van der Waals surface area contributed by atoms with Gasteiger partial charge in [0.15, 0.2) is 0 Å². The van der Waals surface area contributed by atoms with Crippen LogP contribution in [0.1, 0.15) is 0 Å². The molecular formula is C21H13ClF2N2O2S. The molecule has 0 radical (unpaired) electrons. The molecule has 0 atom stereocenters. The Labute approximate surface area is 170 Å². The van der Waals surface area contributed by atoms with Crippen molar-refractivity contribution < 1.29 is 17.2 Å². The van der Waals surface area contributed by atoms with E-state index in [9.17, 15) is 17.2 Å². The Morgan fingerprint density at radius 2 is 1.62 bits per heavy atom. The van der Waals surface area contributed by atoms with Crippen LogP contribution < -0.4 is 5.73 Å². The van der Waals surface area contributed by atoms with Crippen LogP contribution in [0.15, 0.2) is 76.7 Å². The van der Waals surface area contributed by atoms with Gasteiger partial charge in [-0.15, -0.1) is 0 Å². The maximum absolute atomic E-state index is 13.8. The molecule has 0 aliphatic carbocycles. The second-order valence-electron chi connectivity index (χ2n) is 6.39. The van der Waals surface area contributed by atoms with Gasteiger partial charge in [0, 0.05) is 27.9 Å². The van der Waals surface area contributed by atoms with Crippen LogP contribution in [-0.4, -0.2) is 13.4 Å². The van der Waals surface area contributed by atoms with E-state index < -0.39 is 21.5 Å². The van der Waals surface area contributed by atoms with Crippen molar-refractivity contribution in [2.45, 2.75) is 9.79 Å². The minimum atomic E-state index is -4.19. The number of nitrogens with two attached hydrogens (primary N) is 1. The van der Waals surface area contributed by atoms with E-state index in [0.717, 1.165) is 12.1 Å². The topological polar surface area (TPSA) is 73.1 Å². The summed E-state index contributed by atoms with van der Waals surface area (Å²) in [7, 11) is -4.19. The largest absolute Gasteiger partial charge is 0.399 e. The van der Waals surface area contributed by atoms with Crippen LogP contribution in [0.25, 0.3) is 22.0 Å². The van der Waals surface area contributed by atoms with Gasteiger partial charge >= 0.3 is 0 Å². The van der Waals surface area contributed by atoms with Crippen molar-refractivity contribution in [2.75, 3.05) is 5.73 Å². The zero-order valence-corrected chi connectivity index (χ0v) is 16.3. The monoisotopic (exact) mass is 430 g/mol. The second-order valence-corrected chi connectivity index (χ2v) is 8.74. The molecule has 0 saturated heterocycles. The highest BCUT2D eigenvalue weighted by Crippen LogP contribution is 2.37. The lowest BCUT2D eigenvalue weighted by atomic mass is 10.0. The minimum Gasteiger partial charge on any atom is -0.399 e. The molecule has 0 unspecified atom stereocenters. The first-order valence-electron chi connectivity index (χ1n) is 8.41. The van der Waals surface area contributed by atoms with E-state index in [4.69, 9.17) is 17.3 Å². The molecule has 2 N–H and O–H groups in total. The smallest absolute Gasteiger partial charge is 0.208 e. The predicted molar refractivity (Wildman–Crippen MR) is 108 cm³/mol. The van der Waals surface area contributed by atoms with E-state index >= 15 is 0 Å². The van der Waals surface area contributed by atoms with Gasteiger partial charge in [-0.05, 0) is 48.0 Å². The van der Waals surface area contributed by atoms with Crippen molar-refractivity contribution in [1.82, 2.24) is 4.98 Å². The molecule has 0 bridgehead atoms. The molecule has 1 aromatic heterocycles. The summed E-state index contributed by atoms with van der Waals surface area (Å²) in [5, 5.41) is 0.461. The molecule has 0 aliphatic heterocycles. The van der Waals surface area contributed by atoms with Crippen LogP contribution in [-0.2, 0) is 9.84 Å². The fourth-order valence-electron chi connectivity index (χ4n) is 3.12. The molecule has 3 aromatic carbocycles. The summed E-state index contributed by atoms with van der Waals surface area (Å²) < 4.78 is 54.0. The minimum absolute atomic E-state index is 0.0478. The van der Waals surface area contributed by atoms with Gasteiger partial charge in [-0.25, -0.2) is 17.2 Å². The Hall–Kier alpha value is -3.03. The lowest BCUT2D eigenvalue weighted by Gasteiger charge is -2.14. The Morgan fingerprint density at radius 1 is 0.897 bits per heavy atom. The molecule has 0 fully saturated rings. The van der Waals surface area contributed by atoms with Crippen LogP contribution in [0, 0.1) is 11.6 Å². The third-order valence-electron chi connectivity index (χ3n) is 4.43. The summed E-state index contributed by atoms with van der Waals surface area (Å²) >= 11 is 5.85. The highest BCUT2D eigenvalue weighted by atomic mass is 35.5. The summed E-state index contributed by atoms with van der Waals surface area (Å²) in [6, 6.07) is 13.4. The Bertz CT molecular complexity index is 1340. The number of hydrogen-bond donors (Lipinski definition) is 1. The fraction of sp³-hybridized carbons (Fsp3) is 0. The summed E-state index contributed by atoms with van der Waals surface area (Å²) in [6.45, 7) is 0. The second kappa shape index (κ2) is 7.09. The van der Waals surface area contributed by atoms with Gasteiger partial charge < -0.3 is 5.73 Å². The zero-order valence-electron chi connectivity index (χ0n) is 14.7. The normalized spacial score (nSPS) is 11.7. The van der Waals surface area contributed by atoms with Crippen molar-refractivity contribution in [3.8, 4) is 11.1 Å². The van der Waals surface area contributed by atoms with Gasteiger partial charge in [-0.2, -0.15) is 0 Å². The molecule has 4 aromatic rings. The molecule has 1 heterocycles. The van der Waals surface area contributed by atoms with E-state index in [1.807, 2.05) is 0 Å². The number of halogens is 3. The third kappa shape index (κ3) is 3.54. The van der Waals surface area contributed by atoms with Gasteiger partial charge in [0.1, 0.15) is 11.6 Å². The number of pyridine rings is 1. The maximum Gasteiger partial charge on any atom is 0.208 e. The number of fused-ring (bicyclic) bond motifs is 1. The SMILES string of the molecule is Nc1ccc2c(-c3ccc(F)cc3)c(S(=O)(=O)c3cc(F)cc(Cl)c3)cnc2c1. The first-order chi connectivity index (χ1) is 13.8. The molecule has 0 aliphatic rings. The molecule has 29 heavy (non-hydrogen) atoms. The van der Waals surface area contributed by atoms with Crippen LogP contribution in [0.3, 0.4) is 0 Å². The molecule has 0 spiro atoms. The number of aromatic nitrogens is 1. The van der Waals surface area contributed by atoms with E-state index in [-0.39, 0.29) is 14.8 Å². The number of sulfone groups is 1. The zero-order chi connectivity index (χ0) is 20.8. The van der Waals surface area contributed by atoms with E-state index in [2.05, 4.69) is 4.98 Å². The molecule has 4 nitrogen and oxygen atoms in total. The Kier molecular flexibility index (Phi) is 4.72. The van der Waals surface area contributed by atoms with Crippen LogP contribution >= 0.6 is 11.6 Å². The average Bonchev–Trinajstić information content (AvgIpc) is 2.67. The molecule has 0 saturated carbocycles. The van der Waals surface area contributed by atoms with Crippen LogP contribution in [0.2, 0.25) is 5.02 Å². The van der Waals surface area contributed by atoms with Crippen molar-refractivity contribution in [1.29, 1.82) is 0 Å². The maximum atomic E-state index is 13.8. The number of benzene rings is 3. The third-order valence-corrected chi connectivity index (χ3v) is 6.39. The number of nitrogens with zero attached hydrogens (tertiary/aromatic N) is 1. The summed E-state index contributed by atoms with van der Waals surface area (Å²) in [4.78, 5) is 3.77. The molecule has 8 heteroatoms.